The average Bonchev–Trinajstić information content (AvgIpc) is 2.28. The van der Waals surface area contributed by atoms with Gasteiger partial charge in [-0.15, -0.1) is 0 Å². The van der Waals surface area contributed by atoms with Gasteiger partial charge in [0.25, 0.3) is 0 Å². The quantitative estimate of drug-likeness (QED) is 0.760. The number of nitrogens with two attached hydrogens (primary N) is 1. The number of rotatable bonds is 5. The molecule has 3 atom stereocenters. The summed E-state index contributed by atoms with van der Waals surface area (Å²) in [4.78, 5) is 12.2. The van der Waals surface area contributed by atoms with Crippen LogP contribution >= 0.6 is 0 Å². The second-order valence-corrected chi connectivity index (χ2v) is 4.98. The molecule has 3 unspecified atom stereocenters. The summed E-state index contributed by atoms with van der Waals surface area (Å²) in [6.07, 6.45) is 6.85. The molecule has 0 heterocycles. The van der Waals surface area contributed by atoms with E-state index in [9.17, 15) is 4.79 Å². The number of carbonyl (C=O) groups is 1. The van der Waals surface area contributed by atoms with Gasteiger partial charge in [-0.1, -0.05) is 33.1 Å². The summed E-state index contributed by atoms with van der Waals surface area (Å²) in [7, 11) is 0. The van der Waals surface area contributed by atoms with Crippen LogP contribution in [0.5, 0.6) is 0 Å². The number of carbonyl (C=O) groups excluding carboxylic acids is 1. The largest absolute Gasteiger partial charge is 0.330 e. The van der Waals surface area contributed by atoms with E-state index in [1.54, 1.807) is 0 Å². The van der Waals surface area contributed by atoms with Crippen LogP contribution < -0.4 is 5.73 Å². The minimum atomic E-state index is 0.243. The number of ketones is 1. The summed E-state index contributed by atoms with van der Waals surface area (Å²) in [5.41, 5.74) is 5.75. The molecule has 1 fully saturated rings. The second kappa shape index (κ2) is 6.26. The van der Waals surface area contributed by atoms with Crippen molar-refractivity contribution in [3.63, 3.8) is 0 Å². The molecule has 1 rings (SSSR count). The summed E-state index contributed by atoms with van der Waals surface area (Å²) in [6, 6.07) is 0. The maximum Gasteiger partial charge on any atom is 0.139 e. The maximum atomic E-state index is 12.2. The first-order valence-corrected chi connectivity index (χ1v) is 6.44. The van der Waals surface area contributed by atoms with Crippen molar-refractivity contribution in [3.8, 4) is 0 Å². The molecular formula is C13H25NO. The summed E-state index contributed by atoms with van der Waals surface area (Å²) in [5.74, 6) is 1.45. The van der Waals surface area contributed by atoms with Crippen molar-refractivity contribution >= 4 is 5.78 Å². The Hall–Kier alpha value is -0.370. The fourth-order valence-electron chi connectivity index (χ4n) is 2.81. The third-order valence-corrected chi connectivity index (χ3v) is 3.78. The third-order valence-electron chi connectivity index (χ3n) is 3.78. The Balaban J connectivity index is 2.55. The van der Waals surface area contributed by atoms with Crippen LogP contribution in [0.2, 0.25) is 0 Å². The van der Waals surface area contributed by atoms with Crippen LogP contribution in [0.3, 0.4) is 0 Å². The zero-order valence-electron chi connectivity index (χ0n) is 10.2. The normalized spacial score (nSPS) is 28.7. The summed E-state index contributed by atoms with van der Waals surface area (Å²) in [6.45, 7) is 4.91. The lowest BCUT2D eigenvalue weighted by molar-refractivity contribution is -0.129. The maximum absolute atomic E-state index is 12.2. The lowest BCUT2D eigenvalue weighted by Crippen LogP contribution is -2.35. The van der Waals surface area contributed by atoms with E-state index >= 15 is 0 Å². The van der Waals surface area contributed by atoms with Gasteiger partial charge in [0.05, 0.1) is 0 Å². The van der Waals surface area contributed by atoms with E-state index in [0.717, 1.165) is 25.7 Å². The highest BCUT2D eigenvalue weighted by molar-refractivity contribution is 5.83. The SMILES string of the molecule is CCCC(C)C(=O)C1CCCCC1CN. The fraction of sp³-hybridized carbons (Fsp3) is 0.923. The Kier molecular flexibility index (Phi) is 5.30. The third kappa shape index (κ3) is 3.30. The van der Waals surface area contributed by atoms with Gasteiger partial charge in [0.15, 0.2) is 0 Å². The van der Waals surface area contributed by atoms with Gasteiger partial charge in [0.1, 0.15) is 5.78 Å². The standard InChI is InChI=1S/C13H25NO/c1-3-6-10(2)13(15)12-8-5-4-7-11(12)9-14/h10-12H,3-9,14H2,1-2H3. The molecule has 0 saturated heterocycles. The number of Topliss-reactive ketones (excluding diaryl/α,β-unsaturated/α-hetero) is 1. The van der Waals surface area contributed by atoms with E-state index in [0.29, 0.717) is 18.2 Å². The van der Waals surface area contributed by atoms with Crippen molar-refractivity contribution in [2.75, 3.05) is 6.54 Å². The lowest BCUT2D eigenvalue weighted by atomic mass is 9.74. The monoisotopic (exact) mass is 211 g/mol. The molecule has 0 bridgehead atoms. The van der Waals surface area contributed by atoms with E-state index < -0.39 is 0 Å². The highest BCUT2D eigenvalue weighted by atomic mass is 16.1. The molecule has 88 valence electrons. The molecule has 0 amide bonds. The molecule has 1 aliphatic carbocycles. The van der Waals surface area contributed by atoms with Gasteiger partial charge in [-0.3, -0.25) is 4.79 Å². The second-order valence-electron chi connectivity index (χ2n) is 4.98. The van der Waals surface area contributed by atoms with Crippen molar-refractivity contribution in [2.24, 2.45) is 23.5 Å². The van der Waals surface area contributed by atoms with Crippen LogP contribution in [-0.4, -0.2) is 12.3 Å². The highest BCUT2D eigenvalue weighted by Crippen LogP contribution is 2.32. The zero-order valence-corrected chi connectivity index (χ0v) is 10.2. The molecule has 0 aromatic rings. The van der Waals surface area contributed by atoms with Crippen molar-refractivity contribution in [1.29, 1.82) is 0 Å². The van der Waals surface area contributed by atoms with Crippen molar-refractivity contribution in [1.82, 2.24) is 0 Å². The van der Waals surface area contributed by atoms with Crippen molar-refractivity contribution in [3.05, 3.63) is 0 Å². The Morgan fingerprint density at radius 2 is 2.07 bits per heavy atom. The molecule has 1 saturated carbocycles. The number of hydrogen-bond acceptors (Lipinski definition) is 2. The van der Waals surface area contributed by atoms with Crippen LogP contribution in [0, 0.1) is 17.8 Å². The first kappa shape index (κ1) is 12.7. The van der Waals surface area contributed by atoms with E-state index in [1.165, 1.54) is 12.8 Å². The van der Waals surface area contributed by atoms with Gasteiger partial charge in [0.2, 0.25) is 0 Å². The summed E-state index contributed by atoms with van der Waals surface area (Å²) < 4.78 is 0. The van der Waals surface area contributed by atoms with E-state index in [1.807, 2.05) is 0 Å². The molecule has 2 N–H and O–H groups in total. The van der Waals surface area contributed by atoms with Gasteiger partial charge in [0, 0.05) is 11.8 Å². The molecular weight excluding hydrogens is 186 g/mol. The van der Waals surface area contributed by atoms with E-state index in [4.69, 9.17) is 5.73 Å². The Bertz CT molecular complexity index is 203. The van der Waals surface area contributed by atoms with E-state index in [2.05, 4.69) is 13.8 Å². The predicted molar refractivity (Wildman–Crippen MR) is 63.6 cm³/mol. The molecule has 1 aliphatic rings. The Labute approximate surface area is 93.6 Å². The van der Waals surface area contributed by atoms with Crippen LogP contribution in [0.25, 0.3) is 0 Å². The first-order chi connectivity index (χ1) is 7.20. The van der Waals surface area contributed by atoms with Gasteiger partial charge in [-0.2, -0.15) is 0 Å². The first-order valence-electron chi connectivity index (χ1n) is 6.44. The average molecular weight is 211 g/mol. The van der Waals surface area contributed by atoms with Gasteiger partial charge >= 0.3 is 0 Å². The summed E-state index contributed by atoms with van der Waals surface area (Å²) >= 11 is 0. The molecule has 15 heavy (non-hydrogen) atoms. The van der Waals surface area contributed by atoms with Crippen molar-refractivity contribution < 1.29 is 4.79 Å². The molecule has 2 nitrogen and oxygen atoms in total. The predicted octanol–water partition coefficient (Wildman–Crippen LogP) is 2.76. The molecule has 0 spiro atoms. The molecule has 0 aromatic heterocycles. The smallest absolute Gasteiger partial charge is 0.139 e. The van der Waals surface area contributed by atoms with Gasteiger partial charge < -0.3 is 5.73 Å². The minimum Gasteiger partial charge on any atom is -0.330 e. The van der Waals surface area contributed by atoms with E-state index in [-0.39, 0.29) is 11.8 Å². The molecule has 0 aliphatic heterocycles. The van der Waals surface area contributed by atoms with Crippen LogP contribution in [-0.2, 0) is 4.79 Å². The van der Waals surface area contributed by atoms with Gasteiger partial charge in [-0.05, 0) is 31.7 Å². The highest BCUT2D eigenvalue weighted by Gasteiger charge is 2.31. The van der Waals surface area contributed by atoms with Crippen LogP contribution in [0.15, 0.2) is 0 Å². The topological polar surface area (TPSA) is 43.1 Å². The van der Waals surface area contributed by atoms with Crippen molar-refractivity contribution in [2.45, 2.75) is 52.4 Å². The summed E-state index contributed by atoms with van der Waals surface area (Å²) in [5, 5.41) is 0. The minimum absolute atomic E-state index is 0.243. The lowest BCUT2D eigenvalue weighted by Gasteiger charge is -2.31. The molecule has 0 radical (unpaired) electrons. The zero-order chi connectivity index (χ0) is 11.3. The molecule has 0 aromatic carbocycles. The Morgan fingerprint density at radius 3 is 2.67 bits per heavy atom. The van der Waals surface area contributed by atoms with Crippen LogP contribution in [0.4, 0.5) is 0 Å². The number of hydrogen-bond donors (Lipinski definition) is 1. The van der Waals surface area contributed by atoms with Crippen LogP contribution in [0.1, 0.15) is 52.4 Å². The van der Waals surface area contributed by atoms with Gasteiger partial charge in [-0.25, -0.2) is 0 Å². The molecule has 2 heteroatoms. The Morgan fingerprint density at radius 1 is 1.40 bits per heavy atom. The fourth-order valence-corrected chi connectivity index (χ4v) is 2.81.